The van der Waals surface area contributed by atoms with Gasteiger partial charge < -0.3 is 5.11 Å². The summed E-state index contributed by atoms with van der Waals surface area (Å²) in [5.41, 5.74) is 0.885. The lowest BCUT2D eigenvalue weighted by molar-refractivity contribution is 0.0690. The lowest BCUT2D eigenvalue weighted by Gasteiger charge is -2.20. The number of rotatable bonds is 4. The van der Waals surface area contributed by atoms with Crippen molar-refractivity contribution in [3.05, 3.63) is 29.6 Å². The van der Waals surface area contributed by atoms with Gasteiger partial charge in [-0.2, -0.15) is 0 Å². The molecular formula is C11H16N2O2. The number of carboxylic acids is 1. The number of aromatic carboxylic acids is 1. The van der Waals surface area contributed by atoms with E-state index in [0.717, 1.165) is 5.69 Å². The van der Waals surface area contributed by atoms with Gasteiger partial charge in [0.15, 0.2) is 0 Å². The van der Waals surface area contributed by atoms with Crippen molar-refractivity contribution in [3.8, 4) is 0 Å². The molecule has 0 spiro atoms. The van der Waals surface area contributed by atoms with Crippen molar-refractivity contribution in [2.45, 2.75) is 26.4 Å². The quantitative estimate of drug-likeness (QED) is 0.817. The van der Waals surface area contributed by atoms with Gasteiger partial charge in [0, 0.05) is 12.6 Å². The molecule has 0 aliphatic carbocycles. The number of carboxylic acid groups (broad SMARTS) is 1. The van der Waals surface area contributed by atoms with Gasteiger partial charge in [-0.3, -0.25) is 4.90 Å². The Labute approximate surface area is 89.6 Å². The van der Waals surface area contributed by atoms with Crippen LogP contribution in [0.1, 0.15) is 30.0 Å². The zero-order valence-electron chi connectivity index (χ0n) is 9.27. The van der Waals surface area contributed by atoms with Crippen LogP contribution in [0.2, 0.25) is 0 Å². The third-order valence-corrected chi connectivity index (χ3v) is 2.32. The Bertz CT molecular complexity index is 350. The Balaban J connectivity index is 2.78. The first kappa shape index (κ1) is 11.7. The summed E-state index contributed by atoms with van der Waals surface area (Å²) < 4.78 is 0. The van der Waals surface area contributed by atoms with E-state index in [4.69, 9.17) is 5.11 Å². The molecule has 0 unspecified atom stereocenters. The van der Waals surface area contributed by atoms with Crippen molar-refractivity contribution >= 4 is 5.97 Å². The normalized spacial score (nSPS) is 11.0. The lowest BCUT2D eigenvalue weighted by Crippen LogP contribution is -2.26. The zero-order valence-corrected chi connectivity index (χ0v) is 9.27. The largest absolute Gasteiger partial charge is 0.477 e. The molecule has 1 heterocycles. The van der Waals surface area contributed by atoms with Gasteiger partial charge in [0.2, 0.25) is 0 Å². The third-order valence-electron chi connectivity index (χ3n) is 2.32. The molecule has 0 bridgehead atoms. The summed E-state index contributed by atoms with van der Waals surface area (Å²) in [6.45, 7) is 4.83. The van der Waals surface area contributed by atoms with E-state index in [-0.39, 0.29) is 5.69 Å². The van der Waals surface area contributed by atoms with Gasteiger partial charge in [-0.1, -0.05) is 6.07 Å². The van der Waals surface area contributed by atoms with Crippen molar-refractivity contribution in [2.75, 3.05) is 7.05 Å². The number of pyridine rings is 1. The molecule has 1 aromatic rings. The van der Waals surface area contributed by atoms with E-state index < -0.39 is 5.97 Å². The second kappa shape index (κ2) is 4.89. The van der Waals surface area contributed by atoms with Gasteiger partial charge >= 0.3 is 5.97 Å². The van der Waals surface area contributed by atoms with Crippen molar-refractivity contribution in [1.82, 2.24) is 9.88 Å². The number of nitrogens with zero attached hydrogens (tertiary/aromatic N) is 2. The fraction of sp³-hybridized carbons (Fsp3) is 0.455. The van der Waals surface area contributed by atoms with Crippen molar-refractivity contribution in [1.29, 1.82) is 0 Å². The first-order chi connectivity index (χ1) is 7.00. The summed E-state index contributed by atoms with van der Waals surface area (Å²) in [4.78, 5) is 16.9. The van der Waals surface area contributed by atoms with E-state index in [0.29, 0.717) is 12.6 Å². The molecule has 0 aromatic carbocycles. The predicted octanol–water partition coefficient (Wildman–Crippen LogP) is 1.62. The van der Waals surface area contributed by atoms with E-state index in [1.807, 2.05) is 13.1 Å². The molecule has 0 saturated carbocycles. The molecule has 1 N–H and O–H groups in total. The van der Waals surface area contributed by atoms with Crippen LogP contribution in [-0.4, -0.2) is 34.0 Å². The number of aromatic nitrogens is 1. The van der Waals surface area contributed by atoms with Crippen LogP contribution in [0.5, 0.6) is 0 Å². The molecule has 1 aromatic heterocycles. The maximum atomic E-state index is 10.7. The maximum absolute atomic E-state index is 10.7. The van der Waals surface area contributed by atoms with Gasteiger partial charge in [-0.25, -0.2) is 9.78 Å². The summed E-state index contributed by atoms with van der Waals surface area (Å²) in [5.74, 6) is -0.982. The first-order valence-corrected chi connectivity index (χ1v) is 4.90. The Morgan fingerprint density at radius 2 is 2.20 bits per heavy atom. The van der Waals surface area contributed by atoms with Crippen LogP contribution in [0.15, 0.2) is 18.2 Å². The van der Waals surface area contributed by atoms with Crippen LogP contribution >= 0.6 is 0 Å². The van der Waals surface area contributed by atoms with Crippen LogP contribution in [0, 0.1) is 0 Å². The predicted molar refractivity (Wildman–Crippen MR) is 57.8 cm³/mol. The third kappa shape index (κ3) is 3.32. The highest BCUT2D eigenvalue weighted by Gasteiger charge is 2.08. The van der Waals surface area contributed by atoms with E-state index in [1.54, 1.807) is 6.07 Å². The number of carbonyl (C=O) groups is 1. The molecule has 15 heavy (non-hydrogen) atoms. The summed E-state index contributed by atoms with van der Waals surface area (Å²) in [6.07, 6.45) is 0. The Morgan fingerprint density at radius 1 is 1.53 bits per heavy atom. The molecule has 4 nitrogen and oxygen atoms in total. The zero-order chi connectivity index (χ0) is 11.4. The van der Waals surface area contributed by atoms with Crippen LogP contribution in [0.3, 0.4) is 0 Å². The van der Waals surface area contributed by atoms with Crippen LogP contribution in [0.25, 0.3) is 0 Å². The van der Waals surface area contributed by atoms with Gasteiger partial charge in [0.25, 0.3) is 0 Å². The SMILES string of the molecule is CC(C)N(C)Cc1cccc(C(=O)O)n1. The molecule has 0 aliphatic heterocycles. The van der Waals surface area contributed by atoms with Gasteiger partial charge in [0.05, 0.1) is 5.69 Å². The molecule has 0 aliphatic rings. The summed E-state index contributed by atoms with van der Waals surface area (Å²) in [5, 5.41) is 8.78. The van der Waals surface area contributed by atoms with Gasteiger partial charge in [-0.05, 0) is 33.0 Å². The molecular weight excluding hydrogens is 192 g/mol. The van der Waals surface area contributed by atoms with Gasteiger partial charge in [-0.15, -0.1) is 0 Å². The highest BCUT2D eigenvalue weighted by molar-refractivity contribution is 5.85. The smallest absolute Gasteiger partial charge is 0.354 e. The molecule has 0 saturated heterocycles. The fourth-order valence-corrected chi connectivity index (χ4v) is 1.12. The molecule has 0 radical (unpaired) electrons. The monoisotopic (exact) mass is 208 g/mol. The highest BCUT2D eigenvalue weighted by atomic mass is 16.4. The number of hydrogen-bond donors (Lipinski definition) is 1. The first-order valence-electron chi connectivity index (χ1n) is 4.90. The van der Waals surface area contributed by atoms with E-state index in [2.05, 4.69) is 23.7 Å². The minimum absolute atomic E-state index is 0.102. The summed E-state index contributed by atoms with van der Waals surface area (Å²) in [6, 6.07) is 5.48. The summed E-state index contributed by atoms with van der Waals surface area (Å²) >= 11 is 0. The second-order valence-corrected chi connectivity index (χ2v) is 3.83. The Morgan fingerprint density at radius 3 is 2.73 bits per heavy atom. The van der Waals surface area contributed by atoms with Crippen molar-refractivity contribution < 1.29 is 9.90 Å². The average molecular weight is 208 g/mol. The molecule has 4 heteroatoms. The fourth-order valence-electron chi connectivity index (χ4n) is 1.12. The van der Waals surface area contributed by atoms with E-state index in [9.17, 15) is 4.79 Å². The topological polar surface area (TPSA) is 53.4 Å². The van der Waals surface area contributed by atoms with Crippen molar-refractivity contribution in [2.24, 2.45) is 0 Å². The van der Waals surface area contributed by atoms with Gasteiger partial charge in [0.1, 0.15) is 5.69 Å². The highest BCUT2D eigenvalue weighted by Crippen LogP contribution is 2.05. The standard InChI is InChI=1S/C11H16N2O2/c1-8(2)13(3)7-9-5-4-6-10(12-9)11(14)15/h4-6,8H,7H2,1-3H3,(H,14,15). The van der Waals surface area contributed by atoms with Crippen molar-refractivity contribution in [3.63, 3.8) is 0 Å². The van der Waals surface area contributed by atoms with E-state index in [1.165, 1.54) is 6.07 Å². The average Bonchev–Trinajstić information content (AvgIpc) is 2.18. The van der Waals surface area contributed by atoms with Crippen LogP contribution in [-0.2, 0) is 6.54 Å². The Hall–Kier alpha value is -1.42. The minimum Gasteiger partial charge on any atom is -0.477 e. The second-order valence-electron chi connectivity index (χ2n) is 3.83. The van der Waals surface area contributed by atoms with E-state index >= 15 is 0 Å². The number of hydrogen-bond acceptors (Lipinski definition) is 3. The molecule has 0 atom stereocenters. The van der Waals surface area contributed by atoms with Crippen LogP contribution in [0.4, 0.5) is 0 Å². The maximum Gasteiger partial charge on any atom is 0.354 e. The molecule has 1 rings (SSSR count). The molecule has 0 fully saturated rings. The lowest BCUT2D eigenvalue weighted by atomic mass is 10.2. The molecule has 82 valence electrons. The minimum atomic E-state index is -0.982. The summed E-state index contributed by atoms with van der Waals surface area (Å²) in [7, 11) is 1.99. The molecule has 0 amide bonds. The Kier molecular flexibility index (Phi) is 3.80. The van der Waals surface area contributed by atoms with Crippen LogP contribution < -0.4 is 0 Å².